The van der Waals surface area contributed by atoms with E-state index < -0.39 is 16.8 Å². The molecule has 3 heteroatoms. The molecular formula is C15H26O3. The molecule has 0 unspecified atom stereocenters. The summed E-state index contributed by atoms with van der Waals surface area (Å²) in [6.45, 7) is 7.72. The molecule has 0 aromatic carbocycles. The summed E-state index contributed by atoms with van der Waals surface area (Å²) < 4.78 is 0. The molecule has 0 spiro atoms. The second-order valence-electron chi connectivity index (χ2n) is 6.84. The summed E-state index contributed by atoms with van der Waals surface area (Å²) in [5.74, 6) is 0.154. The van der Waals surface area contributed by atoms with Crippen LogP contribution in [-0.2, 0) is 0 Å². The zero-order valence-electron chi connectivity index (χ0n) is 11.9. The lowest BCUT2D eigenvalue weighted by atomic mass is 9.81. The first-order valence-electron chi connectivity index (χ1n) is 7.03. The Hall–Kier alpha value is -0.380. The van der Waals surface area contributed by atoms with Gasteiger partial charge in [-0.1, -0.05) is 20.8 Å². The number of hydrogen-bond donors (Lipinski definition) is 3. The van der Waals surface area contributed by atoms with E-state index in [0.717, 1.165) is 6.42 Å². The minimum Gasteiger partial charge on any atom is -0.386 e. The van der Waals surface area contributed by atoms with Crippen LogP contribution in [0.4, 0.5) is 0 Å². The molecule has 0 bridgehead atoms. The number of aliphatic hydroxyl groups is 3. The molecule has 4 atom stereocenters. The van der Waals surface area contributed by atoms with Gasteiger partial charge in [0.1, 0.15) is 0 Å². The summed E-state index contributed by atoms with van der Waals surface area (Å²) in [5.41, 5.74) is -2.21. The fraction of sp³-hybridized carbons (Fsp3) is 0.867. The molecule has 2 aliphatic carbocycles. The molecule has 0 aromatic heterocycles. The third-order valence-electron chi connectivity index (χ3n) is 5.23. The Balaban J connectivity index is 2.53. The van der Waals surface area contributed by atoms with Crippen LogP contribution in [0.1, 0.15) is 53.4 Å². The van der Waals surface area contributed by atoms with Crippen molar-refractivity contribution in [1.82, 2.24) is 0 Å². The van der Waals surface area contributed by atoms with Gasteiger partial charge in [-0.3, -0.25) is 0 Å². The molecule has 1 saturated carbocycles. The van der Waals surface area contributed by atoms with Crippen molar-refractivity contribution in [2.24, 2.45) is 11.8 Å². The zero-order chi connectivity index (χ0) is 13.8. The van der Waals surface area contributed by atoms with Crippen molar-refractivity contribution < 1.29 is 15.3 Å². The molecule has 104 valence electrons. The maximum atomic E-state index is 10.9. The molecule has 0 aromatic rings. The summed E-state index contributed by atoms with van der Waals surface area (Å²) in [6.07, 6.45) is 4.33. The predicted octanol–water partition coefficient (Wildman–Crippen LogP) is 2.01. The van der Waals surface area contributed by atoms with E-state index in [0.29, 0.717) is 24.8 Å². The molecule has 1 fully saturated rings. The lowest BCUT2D eigenvalue weighted by Crippen LogP contribution is -2.39. The number of hydrogen-bond acceptors (Lipinski definition) is 3. The summed E-state index contributed by atoms with van der Waals surface area (Å²) in [4.78, 5) is 0. The average molecular weight is 254 g/mol. The van der Waals surface area contributed by atoms with Gasteiger partial charge in [-0.05, 0) is 56.1 Å². The fourth-order valence-corrected chi connectivity index (χ4v) is 3.43. The second kappa shape index (κ2) is 4.06. The van der Waals surface area contributed by atoms with E-state index in [2.05, 4.69) is 0 Å². The zero-order valence-corrected chi connectivity index (χ0v) is 11.9. The van der Waals surface area contributed by atoms with Crippen LogP contribution in [0.15, 0.2) is 11.6 Å². The summed E-state index contributed by atoms with van der Waals surface area (Å²) in [6, 6.07) is 0. The highest BCUT2D eigenvalue weighted by Crippen LogP contribution is 2.51. The normalized spacial score (nSPS) is 48.9. The summed E-state index contributed by atoms with van der Waals surface area (Å²) in [5, 5.41) is 32.1. The van der Waals surface area contributed by atoms with Gasteiger partial charge in [-0.15, -0.1) is 0 Å². The van der Waals surface area contributed by atoms with Gasteiger partial charge in [0.25, 0.3) is 0 Å². The smallest absolute Gasteiger partial charge is 0.0911 e. The minimum absolute atomic E-state index is 0.0745. The van der Waals surface area contributed by atoms with Gasteiger partial charge in [-0.25, -0.2) is 0 Å². The predicted molar refractivity (Wildman–Crippen MR) is 71.1 cm³/mol. The van der Waals surface area contributed by atoms with Crippen LogP contribution in [0.3, 0.4) is 0 Å². The molecule has 3 nitrogen and oxygen atoms in total. The standard InChI is InChI=1S/C15H26O3/c1-10(2)14(17)6-5-11(3)15(18)8-7-13(4,16)12(15)9-14/h9-11,16-18H,5-8H2,1-4H3/t11-,13-,14+,15-/m0/s1. The minimum atomic E-state index is -0.990. The first-order valence-corrected chi connectivity index (χ1v) is 7.03. The Morgan fingerprint density at radius 3 is 2.33 bits per heavy atom. The van der Waals surface area contributed by atoms with Gasteiger partial charge < -0.3 is 15.3 Å². The highest BCUT2D eigenvalue weighted by Gasteiger charge is 2.54. The van der Waals surface area contributed by atoms with Crippen molar-refractivity contribution in [3.63, 3.8) is 0 Å². The SMILES string of the molecule is CC(C)[C@]1(O)C=C2[C@@](C)(O)CC[C@]2(O)[C@@H](C)CC1. The first-order chi connectivity index (χ1) is 8.12. The second-order valence-corrected chi connectivity index (χ2v) is 6.84. The van der Waals surface area contributed by atoms with E-state index in [4.69, 9.17) is 0 Å². The summed E-state index contributed by atoms with van der Waals surface area (Å²) >= 11 is 0. The van der Waals surface area contributed by atoms with E-state index in [1.54, 1.807) is 13.0 Å². The van der Waals surface area contributed by atoms with Crippen LogP contribution in [-0.4, -0.2) is 32.1 Å². The van der Waals surface area contributed by atoms with E-state index in [1.807, 2.05) is 20.8 Å². The van der Waals surface area contributed by atoms with E-state index in [1.165, 1.54) is 0 Å². The molecule has 0 amide bonds. The highest BCUT2D eigenvalue weighted by molar-refractivity contribution is 5.36. The number of rotatable bonds is 1. The van der Waals surface area contributed by atoms with Crippen molar-refractivity contribution in [2.45, 2.75) is 70.2 Å². The van der Waals surface area contributed by atoms with Crippen molar-refractivity contribution in [3.8, 4) is 0 Å². The van der Waals surface area contributed by atoms with E-state index >= 15 is 0 Å². The van der Waals surface area contributed by atoms with Crippen molar-refractivity contribution in [3.05, 3.63) is 11.6 Å². The Bertz CT molecular complexity index is 372. The van der Waals surface area contributed by atoms with Crippen LogP contribution in [0.25, 0.3) is 0 Å². The monoisotopic (exact) mass is 254 g/mol. The van der Waals surface area contributed by atoms with E-state index in [-0.39, 0.29) is 11.8 Å². The van der Waals surface area contributed by atoms with Crippen LogP contribution < -0.4 is 0 Å². The Kier molecular flexibility index (Phi) is 3.16. The maximum Gasteiger partial charge on any atom is 0.0911 e. The van der Waals surface area contributed by atoms with Crippen molar-refractivity contribution >= 4 is 0 Å². The van der Waals surface area contributed by atoms with Crippen molar-refractivity contribution in [1.29, 1.82) is 0 Å². The quantitative estimate of drug-likeness (QED) is 0.627. The van der Waals surface area contributed by atoms with Crippen LogP contribution in [0.5, 0.6) is 0 Å². The van der Waals surface area contributed by atoms with Gasteiger partial charge in [0, 0.05) is 0 Å². The molecule has 0 radical (unpaired) electrons. The maximum absolute atomic E-state index is 10.9. The molecule has 0 saturated heterocycles. The fourth-order valence-electron chi connectivity index (χ4n) is 3.43. The van der Waals surface area contributed by atoms with Gasteiger partial charge >= 0.3 is 0 Å². The molecule has 2 aliphatic rings. The molecule has 2 rings (SSSR count). The largest absolute Gasteiger partial charge is 0.386 e. The topological polar surface area (TPSA) is 60.7 Å². The molecule has 3 N–H and O–H groups in total. The molecule has 18 heavy (non-hydrogen) atoms. The first kappa shape index (κ1) is 14.0. The van der Waals surface area contributed by atoms with Gasteiger partial charge in [0.15, 0.2) is 0 Å². The Labute approximate surface area is 110 Å². The average Bonchev–Trinajstić information content (AvgIpc) is 2.43. The lowest BCUT2D eigenvalue weighted by molar-refractivity contribution is 0.0121. The van der Waals surface area contributed by atoms with Gasteiger partial charge in [0.05, 0.1) is 16.8 Å². The molecule has 0 aliphatic heterocycles. The molecule has 0 heterocycles. The van der Waals surface area contributed by atoms with Gasteiger partial charge in [-0.2, -0.15) is 0 Å². The highest BCUT2D eigenvalue weighted by atomic mass is 16.3. The molecular weight excluding hydrogens is 228 g/mol. The van der Waals surface area contributed by atoms with Crippen LogP contribution in [0, 0.1) is 11.8 Å². The number of fused-ring (bicyclic) bond motifs is 1. The lowest BCUT2D eigenvalue weighted by Gasteiger charge is -2.33. The third-order valence-corrected chi connectivity index (χ3v) is 5.23. The van der Waals surface area contributed by atoms with Gasteiger partial charge in [0.2, 0.25) is 0 Å². The third kappa shape index (κ3) is 1.93. The Morgan fingerprint density at radius 1 is 1.17 bits per heavy atom. The Morgan fingerprint density at radius 2 is 1.78 bits per heavy atom. The van der Waals surface area contributed by atoms with Crippen LogP contribution in [0.2, 0.25) is 0 Å². The van der Waals surface area contributed by atoms with E-state index in [9.17, 15) is 15.3 Å². The van der Waals surface area contributed by atoms with Crippen LogP contribution >= 0.6 is 0 Å². The summed E-state index contributed by atoms with van der Waals surface area (Å²) in [7, 11) is 0. The van der Waals surface area contributed by atoms with Crippen molar-refractivity contribution in [2.75, 3.05) is 0 Å².